The lowest BCUT2D eigenvalue weighted by atomic mass is 9.51. The number of carbonyl (C=O) groups is 2. The van der Waals surface area contributed by atoms with Crippen LogP contribution in [0.2, 0.25) is 0 Å². The smallest absolute Gasteiger partial charge is 0.314 e. The first-order chi connectivity index (χ1) is 16.9. The fraction of sp³-hybridized carbons (Fsp3) is 0.538. The van der Waals surface area contributed by atoms with E-state index >= 15 is 0 Å². The number of hydrogen-bond donors (Lipinski definition) is 2. The summed E-state index contributed by atoms with van der Waals surface area (Å²) in [5.74, 6) is 0.173. The van der Waals surface area contributed by atoms with E-state index in [9.17, 15) is 14.5 Å². The molecule has 0 bridgehead atoms. The number of hydrogen-bond acceptors (Lipinski definition) is 6. The number of benzene rings is 1. The summed E-state index contributed by atoms with van der Waals surface area (Å²) in [6.07, 6.45) is 7.17. The summed E-state index contributed by atoms with van der Waals surface area (Å²) in [5.41, 5.74) is 14.3. The lowest BCUT2D eigenvalue weighted by Crippen LogP contribution is -2.60. The van der Waals surface area contributed by atoms with E-state index in [1.54, 1.807) is 17.3 Å². The second-order valence-corrected chi connectivity index (χ2v) is 10.4. The topological polar surface area (TPSA) is 125 Å². The third-order valence-corrected chi connectivity index (χ3v) is 8.91. The summed E-state index contributed by atoms with van der Waals surface area (Å²) in [5, 5.41) is 3.66. The van der Waals surface area contributed by atoms with Gasteiger partial charge in [-0.2, -0.15) is 4.91 Å². The zero-order valence-corrected chi connectivity index (χ0v) is 20.0. The van der Waals surface area contributed by atoms with E-state index in [4.69, 9.17) is 11.5 Å². The Hall–Kier alpha value is -3.36. The summed E-state index contributed by atoms with van der Waals surface area (Å²) < 4.78 is 0. The first-order valence-electron chi connectivity index (χ1n) is 12.5. The highest BCUT2D eigenvalue weighted by molar-refractivity contribution is 5.80. The molecule has 3 fully saturated rings. The highest BCUT2D eigenvalue weighted by Crippen LogP contribution is 2.61. The van der Waals surface area contributed by atoms with Gasteiger partial charge in [-0.05, 0) is 43.9 Å². The Morgan fingerprint density at radius 2 is 1.77 bits per heavy atom. The number of nitrogens with zero attached hydrogens (tertiary/aromatic N) is 4. The van der Waals surface area contributed by atoms with Crippen molar-refractivity contribution in [1.29, 1.82) is 0 Å². The normalized spacial score (nSPS) is 29.1. The number of urea groups is 1. The van der Waals surface area contributed by atoms with Crippen LogP contribution < -0.4 is 11.5 Å². The molecule has 1 unspecified atom stereocenters. The number of piperidine rings is 2. The molecule has 4 N–H and O–H groups in total. The number of nitroso groups, excluding NO2 is 1. The van der Waals surface area contributed by atoms with Gasteiger partial charge in [0.15, 0.2) is 0 Å². The van der Waals surface area contributed by atoms with Crippen molar-refractivity contribution < 1.29 is 9.59 Å². The summed E-state index contributed by atoms with van der Waals surface area (Å²) in [4.78, 5) is 42.3. The number of likely N-dealkylation sites (tertiary alicyclic amines) is 2. The molecule has 1 aromatic carbocycles. The fourth-order valence-corrected chi connectivity index (χ4v) is 7.00. The molecule has 3 atom stereocenters. The van der Waals surface area contributed by atoms with E-state index in [0.717, 1.165) is 36.1 Å². The summed E-state index contributed by atoms with van der Waals surface area (Å²) in [6, 6.07) is 7.43. The average molecular weight is 479 g/mol. The summed E-state index contributed by atoms with van der Waals surface area (Å²) >= 11 is 0. The van der Waals surface area contributed by atoms with Gasteiger partial charge < -0.3 is 26.2 Å². The maximum atomic E-state index is 13.1. The largest absolute Gasteiger partial charge is 0.403 e. The monoisotopic (exact) mass is 478 g/mol. The van der Waals surface area contributed by atoms with Gasteiger partial charge in [-0.25, -0.2) is 4.79 Å². The second-order valence-electron chi connectivity index (χ2n) is 10.4. The van der Waals surface area contributed by atoms with Crippen molar-refractivity contribution in [3.05, 3.63) is 59.3 Å². The van der Waals surface area contributed by atoms with E-state index in [-0.39, 0.29) is 35.2 Å². The SMILES string of the molecule is C=CN1/C(=C\N)c2ccccc2C1[C@@H]1CC2(CCN(C(=O)C3CCN(C(N)=O)CC3)CC2)[C@@H]1N=O. The van der Waals surface area contributed by atoms with E-state index in [2.05, 4.69) is 28.8 Å². The lowest BCUT2D eigenvalue weighted by molar-refractivity contribution is -0.142. The van der Waals surface area contributed by atoms with Crippen molar-refractivity contribution in [1.82, 2.24) is 14.7 Å². The van der Waals surface area contributed by atoms with Crippen LogP contribution in [-0.4, -0.2) is 58.9 Å². The van der Waals surface area contributed by atoms with Crippen LogP contribution in [0.1, 0.15) is 49.3 Å². The van der Waals surface area contributed by atoms with Crippen molar-refractivity contribution >= 4 is 17.6 Å². The number of nitrogens with two attached hydrogens (primary N) is 2. The molecule has 1 spiro atoms. The van der Waals surface area contributed by atoms with E-state index in [1.807, 2.05) is 17.0 Å². The van der Waals surface area contributed by atoms with Gasteiger partial charge in [0, 0.05) is 55.2 Å². The molecule has 9 nitrogen and oxygen atoms in total. The van der Waals surface area contributed by atoms with Crippen LogP contribution in [-0.2, 0) is 4.79 Å². The predicted molar refractivity (Wildman–Crippen MR) is 133 cm³/mol. The van der Waals surface area contributed by atoms with Crippen LogP contribution in [0.4, 0.5) is 4.79 Å². The van der Waals surface area contributed by atoms with Crippen LogP contribution in [0.5, 0.6) is 0 Å². The average Bonchev–Trinajstić information content (AvgIpc) is 3.20. The summed E-state index contributed by atoms with van der Waals surface area (Å²) in [6.45, 7) is 6.36. The lowest BCUT2D eigenvalue weighted by Gasteiger charge is -2.57. The minimum atomic E-state index is -0.420. The quantitative estimate of drug-likeness (QED) is 0.644. The van der Waals surface area contributed by atoms with Gasteiger partial charge in [-0.15, -0.1) is 0 Å². The number of primary amides is 1. The second kappa shape index (κ2) is 9.02. The van der Waals surface area contributed by atoms with Crippen molar-refractivity contribution in [2.45, 2.75) is 44.2 Å². The van der Waals surface area contributed by atoms with Gasteiger partial charge in [-0.3, -0.25) is 4.79 Å². The van der Waals surface area contributed by atoms with E-state index < -0.39 is 6.03 Å². The Kier molecular flexibility index (Phi) is 6.02. The fourth-order valence-electron chi connectivity index (χ4n) is 7.00. The molecule has 5 rings (SSSR count). The molecule has 0 aromatic heterocycles. The third-order valence-electron chi connectivity index (χ3n) is 8.91. The molecular weight excluding hydrogens is 444 g/mol. The van der Waals surface area contributed by atoms with Crippen LogP contribution >= 0.6 is 0 Å². The molecule has 186 valence electrons. The van der Waals surface area contributed by atoms with Crippen LogP contribution in [0.3, 0.4) is 0 Å². The number of fused-ring (bicyclic) bond motifs is 1. The number of amides is 3. The molecule has 2 saturated heterocycles. The minimum Gasteiger partial charge on any atom is -0.403 e. The van der Waals surface area contributed by atoms with Crippen molar-refractivity contribution in [2.24, 2.45) is 33.9 Å². The Balaban J connectivity index is 1.26. The Morgan fingerprint density at radius 1 is 1.09 bits per heavy atom. The molecule has 3 aliphatic heterocycles. The Morgan fingerprint density at radius 3 is 2.37 bits per heavy atom. The van der Waals surface area contributed by atoms with Crippen LogP contribution in [0, 0.1) is 22.2 Å². The molecule has 35 heavy (non-hydrogen) atoms. The molecule has 4 aliphatic rings. The summed E-state index contributed by atoms with van der Waals surface area (Å²) in [7, 11) is 0. The van der Waals surface area contributed by atoms with E-state index in [1.165, 1.54) is 0 Å². The molecule has 0 radical (unpaired) electrons. The molecule has 3 amide bonds. The first kappa shape index (κ1) is 23.4. The standard InChI is InChI=1S/C26H34N6O3/c1-2-32-21(16-27)18-5-3-4-6-19(18)22(32)20-15-26(23(20)29-35)9-13-30(14-10-26)24(33)17-7-11-31(12-8-17)25(28)34/h2-6,16-17,20,22-23H,1,7-15,27H2,(H2,28,34)/b21-16-/t20-,22?,23+/m0/s1. The maximum absolute atomic E-state index is 13.1. The van der Waals surface area contributed by atoms with Crippen molar-refractivity contribution in [2.75, 3.05) is 26.2 Å². The highest BCUT2D eigenvalue weighted by atomic mass is 16.3. The Labute approximate surface area is 205 Å². The van der Waals surface area contributed by atoms with Crippen LogP contribution in [0.25, 0.3) is 5.70 Å². The van der Waals surface area contributed by atoms with Gasteiger partial charge in [0.1, 0.15) is 6.04 Å². The maximum Gasteiger partial charge on any atom is 0.314 e. The molecule has 9 heteroatoms. The van der Waals surface area contributed by atoms with Gasteiger partial charge in [0.2, 0.25) is 5.91 Å². The third kappa shape index (κ3) is 3.68. The van der Waals surface area contributed by atoms with E-state index in [0.29, 0.717) is 39.0 Å². The number of carbonyl (C=O) groups excluding carboxylic acids is 2. The number of rotatable bonds is 4. The minimum absolute atomic E-state index is 0.0121. The van der Waals surface area contributed by atoms with Gasteiger partial charge in [-0.1, -0.05) is 36.0 Å². The zero-order chi connectivity index (χ0) is 24.7. The molecular formula is C26H34N6O3. The van der Waals surface area contributed by atoms with Gasteiger partial charge in [0.05, 0.1) is 11.7 Å². The van der Waals surface area contributed by atoms with Crippen molar-refractivity contribution in [3.63, 3.8) is 0 Å². The molecule has 1 aliphatic carbocycles. The first-order valence-corrected chi connectivity index (χ1v) is 12.5. The molecule has 3 heterocycles. The van der Waals surface area contributed by atoms with Gasteiger partial charge in [0.25, 0.3) is 0 Å². The van der Waals surface area contributed by atoms with Crippen LogP contribution in [0.15, 0.2) is 48.4 Å². The molecule has 1 saturated carbocycles. The predicted octanol–water partition coefficient (Wildman–Crippen LogP) is 3.00. The van der Waals surface area contributed by atoms with Crippen molar-refractivity contribution in [3.8, 4) is 0 Å². The Bertz CT molecular complexity index is 1050. The van der Waals surface area contributed by atoms with Gasteiger partial charge >= 0.3 is 6.03 Å². The highest BCUT2D eigenvalue weighted by Gasteiger charge is 2.60. The zero-order valence-electron chi connectivity index (χ0n) is 20.0. The molecule has 1 aromatic rings.